The molecule has 0 bridgehead atoms. The maximum atomic E-state index is 13.5. The van der Waals surface area contributed by atoms with Gasteiger partial charge in [0.1, 0.15) is 17.6 Å². The molecule has 0 radical (unpaired) electrons. The van der Waals surface area contributed by atoms with Crippen molar-refractivity contribution in [3.05, 3.63) is 101 Å². The number of benzene rings is 3. The molecule has 7 heteroatoms. The van der Waals surface area contributed by atoms with E-state index in [0.29, 0.717) is 22.8 Å². The predicted octanol–water partition coefficient (Wildman–Crippen LogP) is 5.41. The number of carbonyl (C=O) groups is 2. The van der Waals surface area contributed by atoms with Crippen LogP contribution in [0.1, 0.15) is 31.9 Å². The first-order valence-electron chi connectivity index (χ1n) is 11.4. The highest BCUT2D eigenvalue weighted by atomic mass is 35.5. The van der Waals surface area contributed by atoms with E-state index in [4.69, 9.17) is 16.3 Å². The van der Waals surface area contributed by atoms with Crippen molar-refractivity contribution >= 4 is 23.4 Å². The molecule has 3 aromatic rings. The molecule has 0 fully saturated rings. The highest BCUT2D eigenvalue weighted by Crippen LogP contribution is 2.23. The molecule has 0 unspecified atom stereocenters. The van der Waals surface area contributed by atoms with Crippen LogP contribution >= 0.6 is 11.6 Å². The summed E-state index contributed by atoms with van der Waals surface area (Å²) < 4.78 is 19.2. The van der Waals surface area contributed by atoms with E-state index in [1.54, 1.807) is 36.4 Å². The standard InChI is InChI=1S/C28H30ClFN2O3/c1-28(2,3)31-27(34)24(17-20-9-5-4-6-10-20)32(18-21-13-15-22(30)16-14-21)26(33)19-35-25-12-8-7-11-23(25)29/h4-16,24H,17-19H2,1-3H3,(H,31,34)/t24-/m0/s1. The molecule has 3 rings (SSSR count). The van der Waals surface area contributed by atoms with Crippen molar-refractivity contribution in [2.45, 2.75) is 45.3 Å². The molecule has 5 nitrogen and oxygen atoms in total. The van der Waals surface area contributed by atoms with E-state index in [1.807, 2.05) is 51.1 Å². The molecule has 0 heterocycles. The Labute approximate surface area is 210 Å². The van der Waals surface area contributed by atoms with E-state index in [-0.39, 0.29) is 30.8 Å². The van der Waals surface area contributed by atoms with Crippen LogP contribution in [0.3, 0.4) is 0 Å². The van der Waals surface area contributed by atoms with Crippen LogP contribution in [-0.4, -0.2) is 34.9 Å². The molecule has 0 saturated heterocycles. The van der Waals surface area contributed by atoms with E-state index < -0.39 is 11.6 Å². The zero-order valence-corrected chi connectivity index (χ0v) is 20.9. The molecular formula is C28H30ClFN2O3. The number of hydrogen-bond donors (Lipinski definition) is 1. The van der Waals surface area contributed by atoms with Crippen LogP contribution in [0.2, 0.25) is 5.02 Å². The second-order valence-corrected chi connectivity index (χ2v) is 9.72. The first-order valence-corrected chi connectivity index (χ1v) is 11.8. The van der Waals surface area contributed by atoms with Crippen LogP contribution in [0.5, 0.6) is 5.75 Å². The zero-order valence-electron chi connectivity index (χ0n) is 20.1. The fraction of sp³-hybridized carbons (Fsp3) is 0.286. The van der Waals surface area contributed by atoms with Crippen LogP contribution < -0.4 is 10.1 Å². The molecule has 0 saturated carbocycles. The molecular weight excluding hydrogens is 467 g/mol. The molecule has 35 heavy (non-hydrogen) atoms. The summed E-state index contributed by atoms with van der Waals surface area (Å²) in [6, 6.07) is 21.4. The minimum absolute atomic E-state index is 0.111. The minimum Gasteiger partial charge on any atom is -0.482 e. The Morgan fingerprint density at radius 3 is 2.20 bits per heavy atom. The highest BCUT2D eigenvalue weighted by molar-refractivity contribution is 6.32. The predicted molar refractivity (Wildman–Crippen MR) is 136 cm³/mol. The molecule has 0 aliphatic rings. The van der Waals surface area contributed by atoms with Crippen LogP contribution in [0.25, 0.3) is 0 Å². The number of para-hydroxylation sites is 1. The number of nitrogens with one attached hydrogen (secondary N) is 1. The maximum absolute atomic E-state index is 13.5. The number of nitrogens with zero attached hydrogens (tertiary/aromatic N) is 1. The number of halogens is 2. The van der Waals surface area contributed by atoms with Gasteiger partial charge in [0.05, 0.1) is 5.02 Å². The largest absolute Gasteiger partial charge is 0.482 e. The number of rotatable bonds is 9. The summed E-state index contributed by atoms with van der Waals surface area (Å²) in [4.78, 5) is 28.4. The number of carbonyl (C=O) groups excluding carboxylic acids is 2. The van der Waals surface area contributed by atoms with Gasteiger partial charge >= 0.3 is 0 Å². The van der Waals surface area contributed by atoms with E-state index in [9.17, 15) is 14.0 Å². The quantitative estimate of drug-likeness (QED) is 0.430. The van der Waals surface area contributed by atoms with Crippen LogP contribution in [-0.2, 0) is 22.6 Å². The van der Waals surface area contributed by atoms with Crippen molar-refractivity contribution in [3.8, 4) is 5.75 Å². The van der Waals surface area contributed by atoms with Crippen molar-refractivity contribution < 1.29 is 18.7 Å². The maximum Gasteiger partial charge on any atom is 0.261 e. The van der Waals surface area contributed by atoms with E-state index >= 15 is 0 Å². The van der Waals surface area contributed by atoms with Gasteiger partial charge in [0.25, 0.3) is 5.91 Å². The second kappa shape index (κ2) is 11.8. The minimum atomic E-state index is -0.816. The first kappa shape index (κ1) is 26.2. The Morgan fingerprint density at radius 1 is 0.943 bits per heavy atom. The van der Waals surface area contributed by atoms with Gasteiger partial charge in [0.2, 0.25) is 5.91 Å². The summed E-state index contributed by atoms with van der Waals surface area (Å²) in [5, 5.41) is 3.38. The lowest BCUT2D eigenvalue weighted by atomic mass is 10.0. The summed E-state index contributed by atoms with van der Waals surface area (Å²) in [5.74, 6) is -0.670. The Balaban J connectivity index is 1.93. The van der Waals surface area contributed by atoms with Gasteiger partial charge in [-0.2, -0.15) is 0 Å². The molecule has 1 N–H and O–H groups in total. The van der Waals surface area contributed by atoms with Crippen LogP contribution in [0.15, 0.2) is 78.9 Å². The topological polar surface area (TPSA) is 58.6 Å². The normalized spacial score (nSPS) is 12.0. The molecule has 2 amide bonds. The highest BCUT2D eigenvalue weighted by Gasteiger charge is 2.32. The molecule has 0 aliphatic carbocycles. The lowest BCUT2D eigenvalue weighted by Gasteiger charge is -2.33. The van der Waals surface area contributed by atoms with Crippen molar-refractivity contribution in [2.24, 2.45) is 0 Å². The summed E-state index contributed by atoms with van der Waals surface area (Å²) >= 11 is 6.18. The smallest absolute Gasteiger partial charge is 0.261 e. The van der Waals surface area contributed by atoms with Crippen molar-refractivity contribution in [3.63, 3.8) is 0 Å². The summed E-state index contributed by atoms with van der Waals surface area (Å²) in [6.45, 7) is 5.46. The second-order valence-electron chi connectivity index (χ2n) is 9.31. The fourth-order valence-electron chi connectivity index (χ4n) is 3.58. The lowest BCUT2D eigenvalue weighted by Crippen LogP contribution is -2.55. The third-order valence-electron chi connectivity index (χ3n) is 5.22. The summed E-state index contributed by atoms with van der Waals surface area (Å²) in [6.07, 6.45) is 0.307. The Morgan fingerprint density at radius 2 is 1.57 bits per heavy atom. The molecule has 0 spiro atoms. The van der Waals surface area contributed by atoms with Crippen molar-refractivity contribution in [1.82, 2.24) is 10.2 Å². The third-order valence-corrected chi connectivity index (χ3v) is 5.54. The van der Waals surface area contributed by atoms with Gasteiger partial charge in [0.15, 0.2) is 6.61 Å². The monoisotopic (exact) mass is 496 g/mol. The molecule has 0 aliphatic heterocycles. The fourth-order valence-corrected chi connectivity index (χ4v) is 3.77. The van der Waals surface area contributed by atoms with Crippen molar-refractivity contribution in [2.75, 3.05) is 6.61 Å². The molecule has 3 aromatic carbocycles. The number of hydrogen-bond acceptors (Lipinski definition) is 3. The van der Waals surface area contributed by atoms with Gasteiger partial charge < -0.3 is 15.0 Å². The Kier molecular flexibility index (Phi) is 8.88. The molecule has 184 valence electrons. The lowest BCUT2D eigenvalue weighted by molar-refractivity contribution is -0.143. The van der Waals surface area contributed by atoms with Gasteiger partial charge in [-0.25, -0.2) is 4.39 Å². The Hall–Kier alpha value is -3.38. The third kappa shape index (κ3) is 8.11. The van der Waals surface area contributed by atoms with Gasteiger partial charge in [-0.1, -0.05) is 66.2 Å². The van der Waals surface area contributed by atoms with E-state index in [0.717, 1.165) is 5.56 Å². The van der Waals surface area contributed by atoms with Crippen LogP contribution in [0.4, 0.5) is 4.39 Å². The number of ether oxygens (including phenoxy) is 1. The molecule has 0 aromatic heterocycles. The first-order chi connectivity index (χ1) is 16.6. The van der Waals surface area contributed by atoms with Gasteiger partial charge in [-0.15, -0.1) is 0 Å². The van der Waals surface area contributed by atoms with Gasteiger partial charge in [-0.05, 0) is 56.2 Å². The van der Waals surface area contributed by atoms with Gasteiger partial charge in [0, 0.05) is 18.5 Å². The van der Waals surface area contributed by atoms with Crippen molar-refractivity contribution in [1.29, 1.82) is 0 Å². The summed E-state index contributed by atoms with van der Waals surface area (Å²) in [7, 11) is 0. The summed E-state index contributed by atoms with van der Waals surface area (Å²) in [5.41, 5.74) is 1.11. The molecule has 1 atom stereocenters. The van der Waals surface area contributed by atoms with Crippen LogP contribution in [0, 0.1) is 5.82 Å². The average molecular weight is 497 g/mol. The zero-order chi connectivity index (χ0) is 25.4. The SMILES string of the molecule is CC(C)(C)NC(=O)[C@H](Cc1ccccc1)N(Cc1ccc(F)cc1)C(=O)COc1ccccc1Cl. The van der Waals surface area contributed by atoms with E-state index in [1.165, 1.54) is 17.0 Å². The van der Waals surface area contributed by atoms with E-state index in [2.05, 4.69) is 5.32 Å². The van der Waals surface area contributed by atoms with Gasteiger partial charge in [-0.3, -0.25) is 9.59 Å². The number of amides is 2. The Bertz CT molecular complexity index is 1130. The average Bonchev–Trinajstić information content (AvgIpc) is 2.81.